The highest BCUT2D eigenvalue weighted by Gasteiger charge is 2.48. The van der Waals surface area contributed by atoms with E-state index in [-0.39, 0.29) is 25.2 Å². The number of likely N-dealkylation sites (tertiary alicyclic amines) is 1. The Labute approximate surface area is 219 Å². The van der Waals surface area contributed by atoms with E-state index in [1.54, 1.807) is 7.11 Å². The predicted octanol–water partition coefficient (Wildman–Crippen LogP) is 4.69. The highest BCUT2D eigenvalue weighted by Crippen LogP contribution is 2.47. The van der Waals surface area contributed by atoms with Gasteiger partial charge in [-0.2, -0.15) is 0 Å². The number of methoxy groups -OCH3 is 1. The Bertz CT molecular complexity index is 1060. The number of unbranched alkanes of at least 4 members (excludes halogenated alkanes) is 2. The van der Waals surface area contributed by atoms with Crippen molar-refractivity contribution in [3.63, 3.8) is 0 Å². The third kappa shape index (κ3) is 6.01. The molecule has 0 spiro atoms. The third-order valence-electron chi connectivity index (χ3n) is 7.42. The van der Waals surface area contributed by atoms with Crippen LogP contribution in [0.25, 0.3) is 0 Å². The second-order valence-electron chi connectivity index (χ2n) is 9.82. The number of carboxylic acids is 1. The number of carbonyl (C=O) groups is 2. The van der Waals surface area contributed by atoms with Gasteiger partial charge < -0.3 is 24.2 Å². The van der Waals surface area contributed by atoms with Crippen LogP contribution in [0.1, 0.15) is 62.6 Å². The molecule has 0 bridgehead atoms. The van der Waals surface area contributed by atoms with E-state index in [1.165, 1.54) is 0 Å². The molecule has 0 aliphatic carbocycles. The van der Waals surface area contributed by atoms with Crippen molar-refractivity contribution >= 4 is 11.9 Å². The van der Waals surface area contributed by atoms with Crippen LogP contribution in [0.2, 0.25) is 0 Å². The van der Waals surface area contributed by atoms with Gasteiger partial charge in [-0.3, -0.25) is 14.5 Å². The van der Waals surface area contributed by atoms with Crippen molar-refractivity contribution in [2.45, 2.75) is 51.5 Å². The minimum absolute atomic E-state index is 0.0517. The van der Waals surface area contributed by atoms with Crippen LogP contribution in [-0.4, -0.2) is 66.9 Å². The third-order valence-corrected chi connectivity index (χ3v) is 7.42. The Morgan fingerprint density at radius 3 is 2.27 bits per heavy atom. The van der Waals surface area contributed by atoms with Crippen LogP contribution in [0.4, 0.5) is 0 Å². The first kappa shape index (κ1) is 26.8. The van der Waals surface area contributed by atoms with Crippen molar-refractivity contribution < 1.29 is 28.9 Å². The molecule has 2 aromatic rings. The fourth-order valence-corrected chi connectivity index (χ4v) is 5.41. The molecular weight excluding hydrogens is 472 g/mol. The summed E-state index contributed by atoms with van der Waals surface area (Å²) < 4.78 is 16.3. The molecule has 8 heteroatoms. The molecule has 2 aliphatic rings. The molecular formula is C29H38N2O6. The molecule has 3 atom stereocenters. The monoisotopic (exact) mass is 510 g/mol. The Morgan fingerprint density at radius 1 is 1.00 bits per heavy atom. The molecule has 4 rings (SSSR count). The summed E-state index contributed by atoms with van der Waals surface area (Å²) in [6.45, 7) is 6.48. The molecule has 200 valence electrons. The van der Waals surface area contributed by atoms with Crippen LogP contribution in [0, 0.1) is 5.92 Å². The van der Waals surface area contributed by atoms with Gasteiger partial charge >= 0.3 is 5.97 Å². The van der Waals surface area contributed by atoms with Gasteiger partial charge in [0.2, 0.25) is 12.7 Å². The zero-order chi connectivity index (χ0) is 26.4. The second-order valence-corrected chi connectivity index (χ2v) is 9.82. The predicted molar refractivity (Wildman–Crippen MR) is 140 cm³/mol. The zero-order valence-corrected chi connectivity index (χ0v) is 22.0. The van der Waals surface area contributed by atoms with Gasteiger partial charge in [0.25, 0.3) is 0 Å². The van der Waals surface area contributed by atoms with E-state index in [0.29, 0.717) is 23.8 Å². The maximum Gasteiger partial charge on any atom is 0.309 e. The van der Waals surface area contributed by atoms with Gasteiger partial charge in [0.1, 0.15) is 5.75 Å². The molecule has 0 aromatic heterocycles. The number of benzene rings is 2. The molecule has 0 saturated carbocycles. The number of nitrogens with zero attached hydrogens (tertiary/aromatic N) is 2. The summed E-state index contributed by atoms with van der Waals surface area (Å²) in [7, 11) is 1.60. The van der Waals surface area contributed by atoms with Crippen LogP contribution in [0.3, 0.4) is 0 Å². The number of fused-ring (bicyclic) bond motifs is 1. The largest absolute Gasteiger partial charge is 0.497 e. The summed E-state index contributed by atoms with van der Waals surface area (Å²) in [6.07, 6.45) is 3.94. The van der Waals surface area contributed by atoms with Crippen molar-refractivity contribution in [1.82, 2.24) is 9.80 Å². The Kier molecular flexibility index (Phi) is 8.92. The molecule has 1 saturated heterocycles. The second kappa shape index (κ2) is 12.3. The summed E-state index contributed by atoms with van der Waals surface area (Å²) in [5.41, 5.74) is 1.73. The summed E-state index contributed by atoms with van der Waals surface area (Å²) in [4.78, 5) is 30.3. The van der Waals surface area contributed by atoms with E-state index in [2.05, 4.69) is 13.8 Å². The smallest absolute Gasteiger partial charge is 0.309 e. The molecule has 1 N–H and O–H groups in total. The van der Waals surface area contributed by atoms with E-state index < -0.39 is 17.9 Å². The fourth-order valence-electron chi connectivity index (χ4n) is 5.41. The molecule has 2 heterocycles. The lowest BCUT2D eigenvalue weighted by molar-refractivity contribution is -0.144. The lowest BCUT2D eigenvalue weighted by Crippen LogP contribution is -2.42. The Morgan fingerprint density at radius 2 is 1.65 bits per heavy atom. The number of rotatable bonds is 12. The molecule has 8 nitrogen and oxygen atoms in total. The molecule has 2 aromatic carbocycles. The first-order valence-corrected chi connectivity index (χ1v) is 13.2. The minimum atomic E-state index is -0.882. The maximum absolute atomic E-state index is 13.5. The standard InChI is InChI=1S/C29H38N2O6/c1-4-6-14-30(15-7-5-2)26(32)18-31-17-23(21-10-13-24-25(16-21)37-19-36-24)27(29(33)34)28(31)20-8-11-22(35-3)12-9-20/h8-13,16,23,27-28H,4-7,14-15,17-19H2,1-3H3,(H,33,34)/t23-,27+,28+/m0/s1. The van der Waals surface area contributed by atoms with Gasteiger partial charge in [0, 0.05) is 31.6 Å². The van der Waals surface area contributed by atoms with Crippen LogP contribution in [0.15, 0.2) is 42.5 Å². The number of amides is 1. The van der Waals surface area contributed by atoms with Crippen LogP contribution >= 0.6 is 0 Å². The van der Waals surface area contributed by atoms with Gasteiger partial charge in [-0.25, -0.2) is 0 Å². The van der Waals surface area contributed by atoms with Gasteiger partial charge in [-0.1, -0.05) is 44.9 Å². The van der Waals surface area contributed by atoms with Gasteiger partial charge in [-0.15, -0.1) is 0 Å². The van der Waals surface area contributed by atoms with Crippen LogP contribution < -0.4 is 14.2 Å². The lowest BCUT2D eigenvalue weighted by Gasteiger charge is -2.30. The fraction of sp³-hybridized carbons (Fsp3) is 0.517. The highest BCUT2D eigenvalue weighted by atomic mass is 16.7. The number of carbonyl (C=O) groups excluding carboxylic acids is 1. The van der Waals surface area contributed by atoms with Gasteiger partial charge in [0.15, 0.2) is 11.5 Å². The summed E-state index contributed by atoms with van der Waals surface area (Å²) in [6, 6.07) is 12.7. The van der Waals surface area contributed by atoms with Crippen molar-refractivity contribution in [2.75, 3.05) is 40.1 Å². The van der Waals surface area contributed by atoms with Crippen molar-refractivity contribution in [3.05, 3.63) is 53.6 Å². The van der Waals surface area contributed by atoms with Crippen LogP contribution in [-0.2, 0) is 9.59 Å². The van der Waals surface area contributed by atoms with Gasteiger partial charge in [0.05, 0.1) is 19.6 Å². The minimum Gasteiger partial charge on any atom is -0.497 e. The van der Waals surface area contributed by atoms with Crippen molar-refractivity contribution in [3.8, 4) is 17.2 Å². The molecule has 0 unspecified atom stereocenters. The average molecular weight is 511 g/mol. The van der Waals surface area contributed by atoms with Gasteiger partial charge in [-0.05, 0) is 48.2 Å². The summed E-state index contributed by atoms with van der Waals surface area (Å²) >= 11 is 0. The molecule has 2 aliphatic heterocycles. The van der Waals surface area contributed by atoms with E-state index in [0.717, 1.165) is 49.9 Å². The molecule has 0 radical (unpaired) electrons. The lowest BCUT2D eigenvalue weighted by atomic mass is 9.82. The summed E-state index contributed by atoms with van der Waals surface area (Å²) in [5.74, 6) is 0.113. The SMILES string of the molecule is CCCCN(CCCC)C(=O)CN1C[C@@H](c2ccc3c(c2)OCO3)[C@@H](C(=O)O)[C@H]1c1ccc(OC)cc1. The first-order valence-electron chi connectivity index (χ1n) is 13.2. The number of hydrogen-bond acceptors (Lipinski definition) is 6. The quantitative estimate of drug-likeness (QED) is 0.443. The van der Waals surface area contributed by atoms with E-state index >= 15 is 0 Å². The number of hydrogen-bond donors (Lipinski definition) is 1. The first-order chi connectivity index (χ1) is 18.0. The molecule has 1 amide bonds. The highest BCUT2D eigenvalue weighted by molar-refractivity contribution is 5.79. The zero-order valence-electron chi connectivity index (χ0n) is 22.0. The summed E-state index contributed by atoms with van der Waals surface area (Å²) in [5, 5.41) is 10.5. The van der Waals surface area contributed by atoms with Crippen LogP contribution in [0.5, 0.6) is 17.2 Å². The van der Waals surface area contributed by atoms with E-state index in [1.807, 2.05) is 52.3 Å². The number of carboxylic acid groups (broad SMARTS) is 1. The number of ether oxygens (including phenoxy) is 3. The van der Waals surface area contributed by atoms with E-state index in [4.69, 9.17) is 14.2 Å². The normalized spacial score (nSPS) is 20.7. The van der Waals surface area contributed by atoms with Crippen molar-refractivity contribution in [2.24, 2.45) is 5.92 Å². The molecule has 1 fully saturated rings. The Hall–Kier alpha value is -3.26. The molecule has 37 heavy (non-hydrogen) atoms. The maximum atomic E-state index is 13.5. The topological polar surface area (TPSA) is 88.5 Å². The van der Waals surface area contributed by atoms with E-state index in [9.17, 15) is 14.7 Å². The Balaban J connectivity index is 1.67. The van der Waals surface area contributed by atoms with Crippen molar-refractivity contribution in [1.29, 1.82) is 0 Å². The average Bonchev–Trinajstić information content (AvgIpc) is 3.53. The number of aliphatic carboxylic acids is 1.